The van der Waals surface area contributed by atoms with Gasteiger partial charge >= 0.3 is 0 Å². The molecule has 4 rings (SSSR count). The molecule has 0 bridgehead atoms. The van der Waals surface area contributed by atoms with Gasteiger partial charge in [-0.2, -0.15) is 0 Å². The Hall–Kier alpha value is -2.75. The van der Waals surface area contributed by atoms with Crippen molar-refractivity contribution in [2.45, 2.75) is 30.4 Å². The van der Waals surface area contributed by atoms with Crippen LogP contribution in [0.2, 0.25) is 0 Å². The van der Waals surface area contributed by atoms with Gasteiger partial charge in [-0.05, 0) is 55.3 Å². The second-order valence-electron chi connectivity index (χ2n) is 6.67. The van der Waals surface area contributed by atoms with E-state index < -0.39 is 10.0 Å². The molecule has 3 aromatic rings. The zero-order valence-corrected chi connectivity index (χ0v) is 17.0. The van der Waals surface area contributed by atoms with Crippen LogP contribution in [0.3, 0.4) is 0 Å². The lowest BCUT2D eigenvalue weighted by molar-refractivity contribution is 0.102. The van der Waals surface area contributed by atoms with Crippen molar-refractivity contribution in [3.8, 4) is 5.75 Å². The maximum atomic E-state index is 12.5. The molecule has 1 aliphatic carbocycles. The van der Waals surface area contributed by atoms with Crippen LogP contribution in [0.25, 0.3) is 0 Å². The normalized spacial score (nSPS) is 13.8. The molecule has 0 unspecified atom stereocenters. The summed E-state index contributed by atoms with van der Waals surface area (Å²) in [5.41, 5.74) is 3.45. The number of benzene rings is 2. The van der Waals surface area contributed by atoms with Crippen LogP contribution in [0.1, 0.15) is 28.9 Å². The molecular formula is C20H19N3O4S2. The van der Waals surface area contributed by atoms with Crippen LogP contribution in [0.4, 0.5) is 5.69 Å². The van der Waals surface area contributed by atoms with Crippen molar-refractivity contribution >= 4 is 33.0 Å². The maximum Gasteiger partial charge on any atom is 0.255 e. The molecule has 1 aliphatic rings. The Kier molecular flexibility index (Phi) is 5.61. The van der Waals surface area contributed by atoms with E-state index in [0.717, 1.165) is 18.5 Å². The van der Waals surface area contributed by atoms with Crippen molar-refractivity contribution < 1.29 is 17.9 Å². The van der Waals surface area contributed by atoms with E-state index in [2.05, 4.69) is 15.0 Å². The Morgan fingerprint density at radius 2 is 1.97 bits per heavy atom. The first-order valence-electron chi connectivity index (χ1n) is 9.03. The van der Waals surface area contributed by atoms with Crippen molar-refractivity contribution in [2.75, 3.05) is 5.32 Å². The maximum absolute atomic E-state index is 12.5. The zero-order chi connectivity index (χ0) is 20.3. The van der Waals surface area contributed by atoms with Gasteiger partial charge < -0.3 is 10.1 Å². The minimum absolute atomic E-state index is 0.0227. The fraction of sp³-hybridized carbons (Fsp3) is 0.200. The molecule has 0 atom stereocenters. The topological polar surface area (TPSA) is 97.4 Å². The number of nitrogens with one attached hydrogen (secondary N) is 2. The van der Waals surface area contributed by atoms with E-state index >= 15 is 0 Å². The molecule has 2 N–H and O–H groups in total. The number of aromatic nitrogens is 1. The van der Waals surface area contributed by atoms with E-state index in [9.17, 15) is 13.2 Å². The predicted molar refractivity (Wildman–Crippen MR) is 111 cm³/mol. The van der Waals surface area contributed by atoms with E-state index in [1.54, 1.807) is 41.9 Å². The number of anilines is 1. The average Bonchev–Trinajstić information content (AvgIpc) is 3.36. The summed E-state index contributed by atoms with van der Waals surface area (Å²) in [6.07, 6.45) is 1.72. The number of rotatable bonds is 8. The highest BCUT2D eigenvalue weighted by Gasteiger charge is 2.28. The molecule has 1 fully saturated rings. The van der Waals surface area contributed by atoms with E-state index in [1.165, 1.54) is 23.5 Å². The smallest absolute Gasteiger partial charge is 0.255 e. The van der Waals surface area contributed by atoms with E-state index in [4.69, 9.17) is 4.74 Å². The van der Waals surface area contributed by atoms with Gasteiger partial charge in [0.15, 0.2) is 0 Å². The third-order valence-electron chi connectivity index (χ3n) is 4.29. The molecule has 7 nitrogen and oxygen atoms in total. The fourth-order valence-electron chi connectivity index (χ4n) is 2.60. The monoisotopic (exact) mass is 429 g/mol. The lowest BCUT2D eigenvalue weighted by Crippen LogP contribution is -2.25. The molecule has 2 aromatic carbocycles. The standard InChI is InChI=1S/C20H19N3O4S2/c24-20(14-4-8-18(9-5-14)27-11-17-12-28-13-21-17)22-16-2-1-3-19(10-16)29(25,26)23-15-6-7-15/h1-5,8-10,12-13,15,23H,6-7,11H2,(H,22,24). The quantitative estimate of drug-likeness (QED) is 0.572. The largest absolute Gasteiger partial charge is 0.487 e. The van der Waals surface area contributed by atoms with E-state index in [-0.39, 0.29) is 16.8 Å². The summed E-state index contributed by atoms with van der Waals surface area (Å²) < 4.78 is 32.9. The summed E-state index contributed by atoms with van der Waals surface area (Å²) >= 11 is 1.50. The van der Waals surface area contributed by atoms with Crippen molar-refractivity contribution in [1.29, 1.82) is 0 Å². The first-order valence-corrected chi connectivity index (χ1v) is 11.5. The molecule has 1 saturated carbocycles. The highest BCUT2D eigenvalue weighted by Crippen LogP contribution is 2.23. The molecule has 1 heterocycles. The number of nitrogens with zero attached hydrogens (tertiary/aromatic N) is 1. The fourth-order valence-corrected chi connectivity index (χ4v) is 4.50. The number of sulfonamides is 1. The number of hydrogen-bond acceptors (Lipinski definition) is 6. The van der Waals surface area contributed by atoms with Crippen LogP contribution in [0.5, 0.6) is 5.75 Å². The van der Waals surface area contributed by atoms with Gasteiger partial charge in [0.25, 0.3) is 5.91 Å². The van der Waals surface area contributed by atoms with Crippen LogP contribution >= 0.6 is 11.3 Å². The van der Waals surface area contributed by atoms with Gasteiger partial charge in [-0.25, -0.2) is 18.1 Å². The van der Waals surface area contributed by atoms with E-state index in [0.29, 0.717) is 23.6 Å². The van der Waals surface area contributed by atoms with Gasteiger partial charge in [0.2, 0.25) is 10.0 Å². The number of hydrogen-bond donors (Lipinski definition) is 2. The second-order valence-corrected chi connectivity index (χ2v) is 9.10. The summed E-state index contributed by atoms with van der Waals surface area (Å²) in [5.74, 6) is 0.301. The van der Waals surface area contributed by atoms with Crippen molar-refractivity contribution in [3.63, 3.8) is 0 Å². The first-order chi connectivity index (χ1) is 14.0. The van der Waals surface area contributed by atoms with Gasteiger partial charge in [0.1, 0.15) is 12.4 Å². The number of carbonyl (C=O) groups excluding carboxylic acids is 1. The van der Waals surface area contributed by atoms with Crippen LogP contribution in [-0.2, 0) is 16.6 Å². The molecule has 1 amide bonds. The number of amides is 1. The highest BCUT2D eigenvalue weighted by atomic mass is 32.2. The van der Waals surface area contributed by atoms with Crippen molar-refractivity contribution in [3.05, 3.63) is 70.7 Å². The SMILES string of the molecule is O=C(Nc1cccc(S(=O)(=O)NC2CC2)c1)c1ccc(OCc2cscn2)cc1. The highest BCUT2D eigenvalue weighted by molar-refractivity contribution is 7.89. The zero-order valence-electron chi connectivity index (χ0n) is 15.4. The Labute approximate surface area is 172 Å². The molecule has 1 aromatic heterocycles. The van der Waals surface area contributed by atoms with Gasteiger partial charge in [0.05, 0.1) is 16.1 Å². The third-order valence-corrected chi connectivity index (χ3v) is 6.44. The average molecular weight is 430 g/mol. The summed E-state index contributed by atoms with van der Waals surface area (Å²) in [4.78, 5) is 16.8. The minimum Gasteiger partial charge on any atom is -0.487 e. The van der Waals surface area contributed by atoms with Crippen LogP contribution in [0.15, 0.2) is 64.3 Å². The summed E-state index contributed by atoms with van der Waals surface area (Å²) in [6.45, 7) is 0.366. The molecule has 150 valence electrons. The van der Waals surface area contributed by atoms with Gasteiger partial charge in [-0.1, -0.05) is 6.07 Å². The number of carbonyl (C=O) groups is 1. The van der Waals surface area contributed by atoms with Gasteiger partial charge in [0, 0.05) is 22.7 Å². The number of thiazole rings is 1. The number of ether oxygens (including phenoxy) is 1. The Morgan fingerprint density at radius 3 is 2.66 bits per heavy atom. The molecule has 0 aliphatic heterocycles. The minimum atomic E-state index is -3.57. The predicted octanol–water partition coefficient (Wildman–Crippen LogP) is 3.42. The second kappa shape index (κ2) is 8.32. The van der Waals surface area contributed by atoms with Crippen molar-refractivity contribution in [1.82, 2.24) is 9.71 Å². The first kappa shape index (κ1) is 19.6. The molecule has 0 radical (unpaired) electrons. The molecule has 0 spiro atoms. The lowest BCUT2D eigenvalue weighted by Gasteiger charge is -2.10. The van der Waals surface area contributed by atoms with Crippen LogP contribution < -0.4 is 14.8 Å². The Bertz CT molecular complexity index is 1090. The molecular weight excluding hydrogens is 410 g/mol. The third kappa shape index (κ3) is 5.20. The Morgan fingerprint density at radius 1 is 1.17 bits per heavy atom. The molecule has 9 heteroatoms. The summed E-state index contributed by atoms with van der Waals surface area (Å²) in [6, 6.07) is 13.0. The molecule has 0 saturated heterocycles. The van der Waals surface area contributed by atoms with Gasteiger partial charge in [-0.3, -0.25) is 4.79 Å². The van der Waals surface area contributed by atoms with Crippen LogP contribution in [-0.4, -0.2) is 25.4 Å². The summed E-state index contributed by atoms with van der Waals surface area (Å²) in [5, 5.41) is 4.65. The van der Waals surface area contributed by atoms with E-state index in [1.807, 2.05) is 5.38 Å². The Balaban J connectivity index is 1.39. The lowest BCUT2D eigenvalue weighted by atomic mass is 10.2. The molecule has 29 heavy (non-hydrogen) atoms. The van der Waals surface area contributed by atoms with Crippen LogP contribution in [0, 0.1) is 0 Å². The summed E-state index contributed by atoms with van der Waals surface area (Å²) in [7, 11) is -3.57. The van der Waals surface area contributed by atoms with Gasteiger partial charge in [-0.15, -0.1) is 11.3 Å². The van der Waals surface area contributed by atoms with Crippen molar-refractivity contribution in [2.24, 2.45) is 0 Å².